The molecule has 0 radical (unpaired) electrons. The number of hydrogen-bond acceptors (Lipinski definition) is 4. The van der Waals surface area contributed by atoms with Gasteiger partial charge in [0.05, 0.1) is 21.7 Å². The minimum absolute atomic E-state index is 0.0535. The average Bonchev–Trinajstić information content (AvgIpc) is 3.54. The van der Waals surface area contributed by atoms with Gasteiger partial charge in [-0.1, -0.05) is 18.5 Å². The molecule has 194 valence electrons. The highest BCUT2D eigenvalue weighted by molar-refractivity contribution is 6.31. The van der Waals surface area contributed by atoms with Crippen LogP contribution >= 0.6 is 11.6 Å². The van der Waals surface area contributed by atoms with E-state index in [1.54, 1.807) is 0 Å². The van der Waals surface area contributed by atoms with Gasteiger partial charge in [0.1, 0.15) is 11.7 Å². The Labute approximate surface area is 215 Å². The SMILES string of the molecule is C[C@H]1C[C@@H]1CC(C(=O)Nc1ccc(C(=O)O)cc1)c1ccc(-c2c(OC(F)F)ccc(Cl)c2F)c[n+]1[O-]. The third-order valence-corrected chi connectivity index (χ3v) is 6.69. The van der Waals surface area contributed by atoms with E-state index in [0.29, 0.717) is 22.8 Å². The molecule has 37 heavy (non-hydrogen) atoms. The number of alkyl halides is 2. The number of carboxylic acids is 1. The van der Waals surface area contributed by atoms with Gasteiger partial charge < -0.3 is 20.4 Å². The molecule has 1 saturated carbocycles. The fourth-order valence-corrected chi connectivity index (χ4v) is 4.38. The normalized spacial score (nSPS) is 17.4. The van der Waals surface area contributed by atoms with Crippen LogP contribution in [0.5, 0.6) is 5.75 Å². The van der Waals surface area contributed by atoms with Crippen LogP contribution in [0.1, 0.15) is 41.7 Å². The number of carbonyl (C=O) groups is 2. The van der Waals surface area contributed by atoms with Crippen LogP contribution in [0.3, 0.4) is 0 Å². The average molecular weight is 535 g/mol. The molecule has 1 unspecified atom stereocenters. The van der Waals surface area contributed by atoms with Gasteiger partial charge in [0.15, 0.2) is 12.0 Å². The molecule has 3 aromatic rings. The van der Waals surface area contributed by atoms with Gasteiger partial charge in [-0.15, -0.1) is 0 Å². The number of nitrogens with one attached hydrogen (secondary N) is 1. The minimum atomic E-state index is -3.23. The quantitative estimate of drug-likeness (QED) is 0.265. The van der Waals surface area contributed by atoms with Crippen molar-refractivity contribution < 1.29 is 37.3 Å². The van der Waals surface area contributed by atoms with Crippen molar-refractivity contribution >= 4 is 29.2 Å². The highest BCUT2D eigenvalue weighted by atomic mass is 35.5. The molecule has 1 amide bonds. The van der Waals surface area contributed by atoms with Crippen LogP contribution in [0.2, 0.25) is 5.02 Å². The van der Waals surface area contributed by atoms with Gasteiger partial charge in [-0.2, -0.15) is 13.5 Å². The van der Waals surface area contributed by atoms with E-state index in [4.69, 9.17) is 16.7 Å². The summed E-state index contributed by atoms with van der Waals surface area (Å²) < 4.78 is 45.3. The molecule has 1 aromatic heterocycles. The van der Waals surface area contributed by atoms with Crippen molar-refractivity contribution in [1.82, 2.24) is 0 Å². The van der Waals surface area contributed by atoms with Crippen LogP contribution < -0.4 is 14.8 Å². The summed E-state index contributed by atoms with van der Waals surface area (Å²) in [6.07, 6.45) is 2.27. The fourth-order valence-electron chi connectivity index (χ4n) is 4.22. The number of rotatable bonds is 9. The first-order valence-electron chi connectivity index (χ1n) is 11.4. The summed E-state index contributed by atoms with van der Waals surface area (Å²) in [6.45, 7) is -1.19. The van der Waals surface area contributed by atoms with Crippen molar-refractivity contribution in [2.24, 2.45) is 11.8 Å². The van der Waals surface area contributed by atoms with Gasteiger partial charge in [0.25, 0.3) is 0 Å². The number of ether oxygens (including phenoxy) is 1. The number of aromatic carboxylic acids is 1. The molecular formula is C26H22ClF3N2O5. The maximum absolute atomic E-state index is 14.8. The molecule has 0 spiro atoms. The summed E-state index contributed by atoms with van der Waals surface area (Å²) >= 11 is 5.83. The zero-order valence-electron chi connectivity index (χ0n) is 19.5. The Kier molecular flexibility index (Phi) is 7.58. The van der Waals surface area contributed by atoms with Crippen molar-refractivity contribution in [3.05, 3.63) is 82.0 Å². The number of hydrogen-bond donors (Lipinski definition) is 2. The van der Waals surface area contributed by atoms with Crippen molar-refractivity contribution in [3.8, 4) is 16.9 Å². The van der Waals surface area contributed by atoms with Gasteiger partial charge in [-0.25, -0.2) is 9.18 Å². The van der Waals surface area contributed by atoms with E-state index in [1.165, 1.54) is 36.4 Å². The third-order valence-electron chi connectivity index (χ3n) is 6.39. The molecule has 0 bridgehead atoms. The predicted octanol–water partition coefficient (Wildman–Crippen LogP) is 5.85. The zero-order chi connectivity index (χ0) is 26.9. The Bertz CT molecular complexity index is 1340. The summed E-state index contributed by atoms with van der Waals surface area (Å²) in [5, 5.41) is 24.5. The maximum atomic E-state index is 14.8. The lowest BCUT2D eigenvalue weighted by atomic mass is 9.94. The Morgan fingerprint density at radius 1 is 1.19 bits per heavy atom. The van der Waals surface area contributed by atoms with E-state index in [9.17, 15) is 28.0 Å². The van der Waals surface area contributed by atoms with E-state index in [0.717, 1.165) is 24.8 Å². The van der Waals surface area contributed by atoms with Crippen LogP contribution in [0.25, 0.3) is 11.1 Å². The van der Waals surface area contributed by atoms with Crippen molar-refractivity contribution in [2.75, 3.05) is 5.32 Å². The van der Waals surface area contributed by atoms with Crippen LogP contribution in [0.4, 0.5) is 18.9 Å². The number of aromatic nitrogens is 1. The number of anilines is 1. The molecule has 2 aromatic carbocycles. The largest absolute Gasteiger partial charge is 0.618 e. The summed E-state index contributed by atoms with van der Waals surface area (Å²) in [5.74, 6) is -3.37. The van der Waals surface area contributed by atoms with Gasteiger partial charge in [-0.3, -0.25) is 4.79 Å². The van der Waals surface area contributed by atoms with Crippen LogP contribution in [-0.4, -0.2) is 23.6 Å². The molecule has 0 saturated heterocycles. The van der Waals surface area contributed by atoms with Gasteiger partial charge >= 0.3 is 12.6 Å². The van der Waals surface area contributed by atoms with E-state index in [-0.39, 0.29) is 27.8 Å². The number of nitrogens with zero attached hydrogens (tertiary/aromatic N) is 1. The molecule has 0 aliphatic heterocycles. The highest BCUT2D eigenvalue weighted by Gasteiger charge is 2.40. The topological polar surface area (TPSA) is 103 Å². The summed E-state index contributed by atoms with van der Waals surface area (Å²) in [4.78, 5) is 24.3. The molecule has 11 heteroatoms. The van der Waals surface area contributed by atoms with E-state index in [1.807, 2.05) is 6.92 Å². The fraction of sp³-hybridized carbons (Fsp3) is 0.269. The molecule has 2 N–H and O–H groups in total. The van der Waals surface area contributed by atoms with E-state index in [2.05, 4.69) is 10.1 Å². The monoisotopic (exact) mass is 534 g/mol. The Hall–Kier alpha value is -3.79. The number of benzene rings is 2. The number of amides is 1. The number of halogens is 4. The van der Waals surface area contributed by atoms with Crippen LogP contribution in [-0.2, 0) is 4.79 Å². The predicted molar refractivity (Wildman–Crippen MR) is 129 cm³/mol. The standard InChI is InChI=1S/C26H22ClF3N2O5/c1-13-10-16(13)11-18(24(33)31-17-5-2-14(3-6-17)25(34)35)20-8-4-15(12-32(20)36)22-21(37-26(29)30)9-7-19(27)23(22)28/h2-9,12-13,16,18,26H,10-11H2,1H3,(H,31,33)(H,34,35)/t13-,16+,18?/m0/s1. The molecular weight excluding hydrogens is 513 g/mol. The smallest absolute Gasteiger partial charge is 0.387 e. The van der Waals surface area contributed by atoms with Gasteiger partial charge in [-0.05, 0) is 67.1 Å². The van der Waals surface area contributed by atoms with Gasteiger partial charge in [0.2, 0.25) is 11.6 Å². The second-order valence-electron chi connectivity index (χ2n) is 8.91. The minimum Gasteiger partial charge on any atom is -0.618 e. The third kappa shape index (κ3) is 5.96. The summed E-state index contributed by atoms with van der Waals surface area (Å²) in [5.41, 5.74) is 0.0312. The highest BCUT2D eigenvalue weighted by Crippen LogP contribution is 2.45. The summed E-state index contributed by atoms with van der Waals surface area (Å²) in [6, 6.07) is 10.4. The lowest BCUT2D eigenvalue weighted by Crippen LogP contribution is -2.37. The Morgan fingerprint density at radius 2 is 1.86 bits per heavy atom. The van der Waals surface area contributed by atoms with Crippen molar-refractivity contribution in [2.45, 2.75) is 32.3 Å². The second kappa shape index (κ2) is 10.7. The van der Waals surface area contributed by atoms with Crippen molar-refractivity contribution in [1.29, 1.82) is 0 Å². The van der Waals surface area contributed by atoms with E-state index >= 15 is 0 Å². The van der Waals surface area contributed by atoms with Crippen LogP contribution in [0, 0.1) is 22.9 Å². The number of carbonyl (C=O) groups excluding carboxylic acids is 1. The molecule has 4 rings (SSSR count). The van der Waals surface area contributed by atoms with Gasteiger partial charge in [0, 0.05) is 11.8 Å². The number of pyridine rings is 1. The first kappa shape index (κ1) is 26.3. The Balaban J connectivity index is 1.66. The molecule has 7 nitrogen and oxygen atoms in total. The Morgan fingerprint density at radius 3 is 2.43 bits per heavy atom. The molecule has 3 atom stereocenters. The number of carboxylic acid groups (broad SMARTS) is 1. The lowest BCUT2D eigenvalue weighted by molar-refractivity contribution is -0.614. The first-order chi connectivity index (χ1) is 17.5. The second-order valence-corrected chi connectivity index (χ2v) is 9.32. The van der Waals surface area contributed by atoms with Crippen LogP contribution in [0.15, 0.2) is 54.7 Å². The zero-order valence-corrected chi connectivity index (χ0v) is 20.2. The molecule has 1 aliphatic carbocycles. The van der Waals surface area contributed by atoms with Crippen molar-refractivity contribution in [3.63, 3.8) is 0 Å². The maximum Gasteiger partial charge on any atom is 0.387 e. The molecule has 1 fully saturated rings. The summed E-state index contributed by atoms with van der Waals surface area (Å²) in [7, 11) is 0. The molecule has 1 aliphatic rings. The van der Waals surface area contributed by atoms with E-state index < -0.39 is 41.5 Å². The molecule has 1 heterocycles. The first-order valence-corrected chi connectivity index (χ1v) is 11.7. The lowest BCUT2D eigenvalue weighted by Gasteiger charge is -2.18.